The molecule has 1 aromatic carbocycles. The number of amides is 1. The number of rotatable bonds is 10. The van der Waals surface area contributed by atoms with Gasteiger partial charge in [-0.2, -0.15) is 0 Å². The molecule has 0 aliphatic heterocycles. The zero-order valence-electron chi connectivity index (χ0n) is 16.2. The number of nitrogens with zero attached hydrogens (tertiary/aromatic N) is 1. The number of anilines is 1. The maximum absolute atomic E-state index is 12.6. The quantitative estimate of drug-likeness (QED) is 0.203. The van der Waals surface area contributed by atoms with Crippen LogP contribution in [0.5, 0.6) is 0 Å². The summed E-state index contributed by atoms with van der Waals surface area (Å²) >= 11 is 0.995. The minimum absolute atomic E-state index is 0.0498. The van der Waals surface area contributed by atoms with Gasteiger partial charge in [0.2, 0.25) is 0 Å². The predicted octanol–water partition coefficient (Wildman–Crippen LogP) is 1.09. The van der Waals surface area contributed by atoms with Gasteiger partial charge in [0.1, 0.15) is 10.9 Å². The van der Waals surface area contributed by atoms with E-state index in [2.05, 4.69) is 15.0 Å². The SMILES string of the molecule is Cc1ccc(S(=O)(=O)Nc2ccsc2C(=O)N[C@@H](CCCN=C(N)N)C(=O)O)cc1. The number of aryl methyl sites for hydroxylation is 1. The van der Waals surface area contributed by atoms with Crippen LogP contribution in [-0.4, -0.2) is 43.9 Å². The Hall–Kier alpha value is -3.12. The van der Waals surface area contributed by atoms with Crippen molar-refractivity contribution in [2.45, 2.75) is 30.7 Å². The topological polar surface area (TPSA) is 177 Å². The summed E-state index contributed by atoms with van der Waals surface area (Å²) in [5, 5.41) is 13.3. The van der Waals surface area contributed by atoms with Crippen LogP contribution in [0, 0.1) is 6.92 Å². The number of carbonyl (C=O) groups excluding carboxylic acids is 1. The Morgan fingerprint density at radius 1 is 1.20 bits per heavy atom. The van der Waals surface area contributed by atoms with Crippen molar-refractivity contribution in [1.29, 1.82) is 0 Å². The summed E-state index contributed by atoms with van der Waals surface area (Å²) in [6.45, 7) is 2.06. The second-order valence-corrected chi connectivity index (χ2v) is 8.99. The standard InChI is InChI=1S/C18H23N5O5S2/c1-11-4-6-12(7-5-11)30(27,28)23-13-8-10-29-15(13)16(24)22-14(17(25)26)3-2-9-21-18(19)20/h4-8,10,14,23H,2-3,9H2,1H3,(H,22,24)(H,25,26)(H4,19,20,21)/t14-/m0/s1. The number of aliphatic carboxylic acids is 1. The van der Waals surface area contributed by atoms with Crippen molar-refractivity contribution in [3.63, 3.8) is 0 Å². The van der Waals surface area contributed by atoms with E-state index >= 15 is 0 Å². The Bertz CT molecular complexity index is 1030. The summed E-state index contributed by atoms with van der Waals surface area (Å²) in [5.41, 5.74) is 11.4. The lowest BCUT2D eigenvalue weighted by Gasteiger charge is -2.14. The third-order valence-corrected chi connectivity index (χ3v) is 6.29. The number of nitrogens with two attached hydrogens (primary N) is 2. The van der Waals surface area contributed by atoms with E-state index in [1.54, 1.807) is 12.1 Å². The van der Waals surface area contributed by atoms with Crippen LogP contribution in [0.1, 0.15) is 28.1 Å². The first-order valence-corrected chi connectivity index (χ1v) is 11.2. The molecule has 0 saturated carbocycles. The molecule has 30 heavy (non-hydrogen) atoms. The van der Waals surface area contributed by atoms with Gasteiger partial charge in [0.25, 0.3) is 15.9 Å². The van der Waals surface area contributed by atoms with Gasteiger partial charge in [-0.3, -0.25) is 14.5 Å². The molecule has 0 unspecified atom stereocenters. The van der Waals surface area contributed by atoms with Crippen LogP contribution in [0.2, 0.25) is 0 Å². The number of hydrogen-bond acceptors (Lipinski definition) is 6. The first-order chi connectivity index (χ1) is 14.1. The summed E-state index contributed by atoms with van der Waals surface area (Å²) < 4.78 is 27.5. The van der Waals surface area contributed by atoms with Crippen molar-refractivity contribution in [3.8, 4) is 0 Å². The molecule has 1 amide bonds. The van der Waals surface area contributed by atoms with Crippen LogP contribution in [0.25, 0.3) is 0 Å². The van der Waals surface area contributed by atoms with E-state index in [-0.39, 0.29) is 34.4 Å². The molecule has 0 spiro atoms. The molecule has 7 N–H and O–H groups in total. The van der Waals surface area contributed by atoms with Crippen molar-refractivity contribution in [1.82, 2.24) is 5.32 Å². The third-order valence-electron chi connectivity index (χ3n) is 4.00. The largest absolute Gasteiger partial charge is 0.480 e. The van der Waals surface area contributed by atoms with E-state index < -0.39 is 27.9 Å². The summed E-state index contributed by atoms with van der Waals surface area (Å²) in [6, 6.07) is 6.52. The number of nitrogens with one attached hydrogen (secondary N) is 2. The number of thiophene rings is 1. The van der Waals surface area contributed by atoms with Gasteiger partial charge in [0, 0.05) is 6.54 Å². The average molecular weight is 454 g/mol. The summed E-state index contributed by atoms with van der Waals surface area (Å²) in [6.07, 6.45) is 0.445. The lowest BCUT2D eigenvalue weighted by atomic mass is 10.1. The summed E-state index contributed by atoms with van der Waals surface area (Å²) in [7, 11) is -3.90. The third kappa shape index (κ3) is 6.46. The van der Waals surface area contributed by atoms with Gasteiger partial charge in [-0.15, -0.1) is 11.3 Å². The van der Waals surface area contributed by atoms with Gasteiger partial charge in [-0.1, -0.05) is 17.7 Å². The van der Waals surface area contributed by atoms with E-state index in [1.807, 2.05) is 6.92 Å². The van der Waals surface area contributed by atoms with E-state index in [0.29, 0.717) is 6.42 Å². The van der Waals surface area contributed by atoms with Crippen molar-refractivity contribution < 1.29 is 23.1 Å². The van der Waals surface area contributed by atoms with Crippen molar-refractivity contribution in [3.05, 3.63) is 46.2 Å². The highest BCUT2D eigenvalue weighted by Gasteiger charge is 2.24. The van der Waals surface area contributed by atoms with Gasteiger partial charge in [-0.05, 0) is 43.3 Å². The zero-order chi connectivity index (χ0) is 22.3. The molecule has 0 aliphatic rings. The monoisotopic (exact) mass is 453 g/mol. The molecule has 1 heterocycles. The van der Waals surface area contributed by atoms with Crippen molar-refractivity contribution in [2.75, 3.05) is 11.3 Å². The molecule has 12 heteroatoms. The molecule has 0 saturated heterocycles. The smallest absolute Gasteiger partial charge is 0.326 e. The van der Waals surface area contributed by atoms with Gasteiger partial charge in [0.05, 0.1) is 10.6 Å². The molecular weight excluding hydrogens is 430 g/mol. The first kappa shape index (κ1) is 23.2. The van der Waals surface area contributed by atoms with E-state index in [0.717, 1.165) is 16.9 Å². The normalized spacial score (nSPS) is 12.0. The number of carboxylic acids is 1. The van der Waals surface area contributed by atoms with Gasteiger partial charge >= 0.3 is 5.97 Å². The fourth-order valence-electron chi connectivity index (χ4n) is 2.47. The molecule has 1 aromatic heterocycles. The molecule has 2 rings (SSSR count). The second-order valence-electron chi connectivity index (χ2n) is 6.40. The van der Waals surface area contributed by atoms with Crippen molar-refractivity contribution in [2.24, 2.45) is 16.5 Å². The Morgan fingerprint density at radius 3 is 2.47 bits per heavy atom. The molecule has 0 bridgehead atoms. The number of sulfonamides is 1. The number of aliphatic imine (C=N–C) groups is 1. The fourth-order valence-corrected chi connectivity index (χ4v) is 4.36. The Kier molecular flexibility index (Phi) is 7.78. The van der Waals surface area contributed by atoms with Gasteiger partial charge < -0.3 is 21.9 Å². The second kappa shape index (κ2) is 10.1. The maximum Gasteiger partial charge on any atom is 0.326 e. The summed E-state index contributed by atoms with van der Waals surface area (Å²) in [4.78, 5) is 27.9. The number of benzene rings is 1. The van der Waals surface area contributed by atoms with Gasteiger partial charge in [-0.25, -0.2) is 13.2 Å². The number of carbonyl (C=O) groups is 2. The predicted molar refractivity (Wildman–Crippen MR) is 115 cm³/mol. The van der Waals surface area contributed by atoms with Crippen molar-refractivity contribution >= 4 is 44.9 Å². The molecule has 0 fully saturated rings. The van der Waals surface area contributed by atoms with Gasteiger partial charge in [0.15, 0.2) is 5.96 Å². The Morgan fingerprint density at radius 2 is 1.87 bits per heavy atom. The van der Waals surface area contributed by atoms with E-state index in [9.17, 15) is 23.1 Å². The highest BCUT2D eigenvalue weighted by Crippen LogP contribution is 2.25. The minimum atomic E-state index is -3.90. The fraction of sp³-hybridized carbons (Fsp3) is 0.278. The van der Waals surface area contributed by atoms with E-state index in [1.165, 1.54) is 23.6 Å². The van der Waals surface area contributed by atoms with E-state index in [4.69, 9.17) is 11.5 Å². The van der Waals surface area contributed by atoms with Crippen LogP contribution in [0.4, 0.5) is 5.69 Å². The molecule has 10 nitrogen and oxygen atoms in total. The Labute approximate surface area is 178 Å². The van der Waals surface area contributed by atoms with Crippen LogP contribution < -0.4 is 21.5 Å². The minimum Gasteiger partial charge on any atom is -0.480 e. The zero-order valence-corrected chi connectivity index (χ0v) is 17.8. The van der Waals surface area contributed by atoms with Crippen LogP contribution >= 0.6 is 11.3 Å². The van der Waals surface area contributed by atoms with Crippen LogP contribution in [-0.2, 0) is 14.8 Å². The molecule has 162 valence electrons. The first-order valence-electron chi connectivity index (χ1n) is 8.86. The highest BCUT2D eigenvalue weighted by atomic mass is 32.2. The lowest BCUT2D eigenvalue weighted by molar-refractivity contribution is -0.139. The Balaban J connectivity index is 2.10. The van der Waals surface area contributed by atoms with Crippen LogP contribution in [0.15, 0.2) is 45.6 Å². The number of carboxylic acid groups (broad SMARTS) is 1. The highest BCUT2D eigenvalue weighted by molar-refractivity contribution is 7.92. The lowest BCUT2D eigenvalue weighted by Crippen LogP contribution is -2.40. The molecule has 0 radical (unpaired) electrons. The molecule has 2 aromatic rings. The number of hydrogen-bond donors (Lipinski definition) is 5. The number of guanidine groups is 1. The average Bonchev–Trinajstić information content (AvgIpc) is 3.11. The molecule has 1 atom stereocenters. The molecule has 0 aliphatic carbocycles. The van der Waals surface area contributed by atoms with Crippen LogP contribution in [0.3, 0.4) is 0 Å². The molecular formula is C18H23N5O5S2. The summed E-state index contributed by atoms with van der Waals surface area (Å²) in [5.74, 6) is -2.01. The maximum atomic E-state index is 12.6.